The highest BCUT2D eigenvalue weighted by molar-refractivity contribution is 5.79. The molecule has 5 heteroatoms. The fraction of sp³-hybridized carbons (Fsp3) is 0.333. The molecule has 0 saturated heterocycles. The van der Waals surface area contributed by atoms with E-state index in [1.165, 1.54) is 0 Å². The minimum absolute atomic E-state index is 0.0209. The van der Waals surface area contributed by atoms with Crippen LogP contribution < -0.4 is 11.5 Å². The van der Waals surface area contributed by atoms with Crippen molar-refractivity contribution < 1.29 is 9.53 Å². The van der Waals surface area contributed by atoms with Crippen LogP contribution in [0.4, 0.5) is 5.69 Å². The highest BCUT2D eigenvalue weighted by atomic mass is 16.5. The first-order valence-corrected chi connectivity index (χ1v) is 5.46. The fourth-order valence-electron chi connectivity index (χ4n) is 1.41. The summed E-state index contributed by atoms with van der Waals surface area (Å²) in [6.07, 6.45) is 0.978. The molecule has 0 aromatic heterocycles. The Labute approximate surface area is 100 Å². The maximum Gasteiger partial charge on any atom is 0.306 e. The number of carbonyl (C=O) groups is 1. The lowest BCUT2D eigenvalue weighted by Gasteiger charge is -2.03. The molecule has 1 aromatic carbocycles. The lowest BCUT2D eigenvalue weighted by Crippen LogP contribution is -2.21. The van der Waals surface area contributed by atoms with Gasteiger partial charge in [0, 0.05) is 6.42 Å². The van der Waals surface area contributed by atoms with E-state index in [1.54, 1.807) is 13.0 Å². The van der Waals surface area contributed by atoms with Gasteiger partial charge >= 0.3 is 5.97 Å². The van der Waals surface area contributed by atoms with Crippen molar-refractivity contribution in [3.8, 4) is 0 Å². The summed E-state index contributed by atoms with van der Waals surface area (Å²) in [5.74, 6) is -0.174. The number of carbonyl (C=O) groups excluding carboxylic acids is 1. The molecule has 0 spiro atoms. The maximum atomic E-state index is 11.2. The summed E-state index contributed by atoms with van der Waals surface area (Å²) in [6.45, 7) is 2.20. The molecule has 0 unspecified atom stereocenters. The zero-order chi connectivity index (χ0) is 12.7. The molecule has 4 N–H and O–H groups in total. The number of rotatable bonds is 5. The van der Waals surface area contributed by atoms with Crippen LogP contribution >= 0.6 is 0 Å². The molecule has 1 aromatic rings. The third-order valence-electron chi connectivity index (χ3n) is 2.09. The summed E-state index contributed by atoms with van der Waals surface area (Å²) in [4.78, 5) is 15.1. The average Bonchev–Trinajstić information content (AvgIpc) is 2.26. The minimum atomic E-state index is -0.195. The molecule has 17 heavy (non-hydrogen) atoms. The van der Waals surface area contributed by atoms with Crippen molar-refractivity contribution in [2.24, 2.45) is 16.5 Å². The van der Waals surface area contributed by atoms with E-state index in [9.17, 15) is 4.79 Å². The van der Waals surface area contributed by atoms with Crippen molar-refractivity contribution in [2.75, 3.05) is 6.61 Å². The van der Waals surface area contributed by atoms with Gasteiger partial charge in [-0.1, -0.05) is 12.1 Å². The van der Waals surface area contributed by atoms with Gasteiger partial charge in [-0.15, -0.1) is 0 Å². The van der Waals surface area contributed by atoms with Gasteiger partial charge in [-0.25, -0.2) is 4.99 Å². The van der Waals surface area contributed by atoms with Crippen LogP contribution in [0.15, 0.2) is 29.3 Å². The van der Waals surface area contributed by atoms with Gasteiger partial charge in [0.1, 0.15) is 0 Å². The Kier molecular flexibility index (Phi) is 5.00. The molecule has 0 heterocycles. The Morgan fingerprint density at radius 1 is 1.41 bits per heavy atom. The van der Waals surface area contributed by atoms with Crippen molar-refractivity contribution in [2.45, 2.75) is 19.8 Å². The summed E-state index contributed by atoms with van der Waals surface area (Å²) in [5, 5.41) is 0. The van der Waals surface area contributed by atoms with Crippen LogP contribution in [0.5, 0.6) is 0 Å². The van der Waals surface area contributed by atoms with Crippen molar-refractivity contribution >= 4 is 17.6 Å². The van der Waals surface area contributed by atoms with Gasteiger partial charge in [0.2, 0.25) is 0 Å². The quantitative estimate of drug-likeness (QED) is 0.454. The van der Waals surface area contributed by atoms with E-state index in [2.05, 4.69) is 4.99 Å². The molecule has 0 radical (unpaired) electrons. The first-order chi connectivity index (χ1) is 8.11. The lowest BCUT2D eigenvalue weighted by atomic mass is 10.1. The number of esters is 1. The maximum absolute atomic E-state index is 11.2. The standard InChI is InChI=1S/C12H17N3O2/c1-2-17-11(16)7-6-9-4-3-5-10(8-9)15-12(13)14/h3-5,8H,2,6-7H2,1H3,(H4,13,14,15). The summed E-state index contributed by atoms with van der Waals surface area (Å²) >= 11 is 0. The number of benzene rings is 1. The van der Waals surface area contributed by atoms with E-state index in [0.29, 0.717) is 25.1 Å². The predicted molar refractivity (Wildman–Crippen MR) is 66.9 cm³/mol. The van der Waals surface area contributed by atoms with Crippen LogP contribution in [-0.2, 0) is 16.0 Å². The van der Waals surface area contributed by atoms with Crippen LogP contribution in [0, 0.1) is 0 Å². The molecule has 0 aliphatic carbocycles. The molecule has 0 aliphatic heterocycles. The zero-order valence-corrected chi connectivity index (χ0v) is 9.85. The van der Waals surface area contributed by atoms with Gasteiger partial charge in [0.25, 0.3) is 0 Å². The number of aliphatic imine (C=N–C) groups is 1. The van der Waals surface area contributed by atoms with Crippen molar-refractivity contribution in [3.63, 3.8) is 0 Å². The Morgan fingerprint density at radius 2 is 2.18 bits per heavy atom. The first-order valence-electron chi connectivity index (χ1n) is 5.46. The molecule has 0 fully saturated rings. The number of hydrogen-bond donors (Lipinski definition) is 2. The first kappa shape index (κ1) is 13.0. The third-order valence-corrected chi connectivity index (χ3v) is 2.09. The molecule has 5 nitrogen and oxygen atoms in total. The highest BCUT2D eigenvalue weighted by Crippen LogP contribution is 2.15. The normalized spacial score (nSPS) is 9.71. The fourth-order valence-corrected chi connectivity index (χ4v) is 1.41. The largest absolute Gasteiger partial charge is 0.466 e. The molecule has 92 valence electrons. The monoisotopic (exact) mass is 235 g/mol. The Bertz CT molecular complexity index is 412. The number of nitrogens with two attached hydrogens (primary N) is 2. The van der Waals surface area contributed by atoms with Gasteiger partial charge in [-0.3, -0.25) is 4.79 Å². The van der Waals surface area contributed by atoms with Crippen LogP contribution in [0.2, 0.25) is 0 Å². The van der Waals surface area contributed by atoms with Gasteiger partial charge < -0.3 is 16.2 Å². The van der Waals surface area contributed by atoms with E-state index >= 15 is 0 Å². The molecule has 0 amide bonds. The lowest BCUT2D eigenvalue weighted by molar-refractivity contribution is -0.143. The van der Waals surface area contributed by atoms with Crippen LogP contribution in [0.25, 0.3) is 0 Å². The molecule has 0 bridgehead atoms. The molecule has 0 saturated carbocycles. The minimum Gasteiger partial charge on any atom is -0.466 e. The van der Waals surface area contributed by atoms with E-state index in [4.69, 9.17) is 16.2 Å². The van der Waals surface area contributed by atoms with Crippen molar-refractivity contribution in [3.05, 3.63) is 29.8 Å². The second-order valence-corrected chi connectivity index (χ2v) is 3.51. The number of nitrogens with zero attached hydrogens (tertiary/aromatic N) is 1. The van der Waals surface area contributed by atoms with E-state index in [-0.39, 0.29) is 11.9 Å². The topological polar surface area (TPSA) is 90.7 Å². The Morgan fingerprint density at radius 3 is 2.82 bits per heavy atom. The van der Waals surface area contributed by atoms with E-state index < -0.39 is 0 Å². The van der Waals surface area contributed by atoms with Crippen molar-refractivity contribution in [1.82, 2.24) is 0 Å². The second-order valence-electron chi connectivity index (χ2n) is 3.51. The zero-order valence-electron chi connectivity index (χ0n) is 9.85. The number of hydrogen-bond acceptors (Lipinski definition) is 3. The highest BCUT2D eigenvalue weighted by Gasteiger charge is 2.03. The summed E-state index contributed by atoms with van der Waals surface area (Å²) in [7, 11) is 0. The van der Waals surface area contributed by atoms with Crippen LogP contribution in [0.3, 0.4) is 0 Å². The Hall–Kier alpha value is -2.04. The van der Waals surface area contributed by atoms with Crippen LogP contribution in [0.1, 0.15) is 18.9 Å². The Balaban J connectivity index is 2.60. The summed E-state index contributed by atoms with van der Waals surface area (Å²) in [6, 6.07) is 7.42. The van der Waals surface area contributed by atoms with Gasteiger partial charge in [0.05, 0.1) is 12.3 Å². The van der Waals surface area contributed by atoms with E-state index in [1.807, 2.05) is 18.2 Å². The SMILES string of the molecule is CCOC(=O)CCc1cccc(N=C(N)N)c1. The smallest absolute Gasteiger partial charge is 0.306 e. The number of guanidine groups is 1. The summed E-state index contributed by atoms with van der Waals surface area (Å²) < 4.78 is 4.85. The molecular formula is C12H17N3O2. The predicted octanol–water partition coefficient (Wildman–Crippen LogP) is 1.09. The van der Waals surface area contributed by atoms with Gasteiger partial charge in [0.15, 0.2) is 5.96 Å². The average molecular weight is 235 g/mol. The van der Waals surface area contributed by atoms with Gasteiger partial charge in [-0.2, -0.15) is 0 Å². The number of ether oxygens (including phenoxy) is 1. The molecule has 1 rings (SSSR count). The number of aryl methyl sites for hydroxylation is 1. The summed E-state index contributed by atoms with van der Waals surface area (Å²) in [5.41, 5.74) is 12.3. The van der Waals surface area contributed by atoms with Gasteiger partial charge in [-0.05, 0) is 31.0 Å². The van der Waals surface area contributed by atoms with Crippen LogP contribution in [-0.4, -0.2) is 18.5 Å². The molecular weight excluding hydrogens is 218 g/mol. The second kappa shape index (κ2) is 6.52. The van der Waals surface area contributed by atoms with Crippen molar-refractivity contribution in [1.29, 1.82) is 0 Å². The van der Waals surface area contributed by atoms with E-state index in [0.717, 1.165) is 5.56 Å². The molecule has 0 atom stereocenters. The third kappa shape index (κ3) is 5.01. The molecule has 0 aliphatic rings.